The monoisotopic (exact) mass is 370 g/mol. The standard InChI is InChI=1S/C15H11F3N2O4.C2H6/c1-7-3-4-10(9(16)5-7)19-14-8(15(21)24-2)6-11(20(22)23)12(17)13(14)18;1-2/h3-6,19H,1-2H3;1-2H3. The van der Waals surface area contributed by atoms with Gasteiger partial charge < -0.3 is 10.1 Å². The van der Waals surface area contributed by atoms with Crippen LogP contribution in [0.2, 0.25) is 0 Å². The lowest BCUT2D eigenvalue weighted by atomic mass is 10.1. The minimum atomic E-state index is -1.78. The van der Waals surface area contributed by atoms with Crippen LogP contribution in [0, 0.1) is 34.5 Å². The van der Waals surface area contributed by atoms with E-state index in [1.54, 1.807) is 6.92 Å². The number of nitro groups is 1. The number of nitro benzene ring substituents is 1. The Balaban J connectivity index is 0.00000163. The number of hydrogen-bond acceptors (Lipinski definition) is 5. The van der Waals surface area contributed by atoms with Gasteiger partial charge in [0.05, 0.1) is 29.0 Å². The largest absolute Gasteiger partial charge is 0.465 e. The topological polar surface area (TPSA) is 81.5 Å². The summed E-state index contributed by atoms with van der Waals surface area (Å²) in [7, 11) is 0.964. The average molecular weight is 370 g/mol. The molecule has 0 radical (unpaired) electrons. The van der Waals surface area contributed by atoms with Gasteiger partial charge in [0.15, 0.2) is 5.82 Å². The number of carbonyl (C=O) groups is 1. The summed E-state index contributed by atoms with van der Waals surface area (Å²) in [6, 6.07) is 4.42. The fourth-order valence-electron chi connectivity index (χ4n) is 1.99. The summed E-state index contributed by atoms with van der Waals surface area (Å²) in [6.45, 7) is 5.62. The van der Waals surface area contributed by atoms with Crippen LogP contribution in [0.15, 0.2) is 24.3 Å². The maximum absolute atomic E-state index is 14.2. The van der Waals surface area contributed by atoms with Crippen LogP contribution in [0.5, 0.6) is 0 Å². The van der Waals surface area contributed by atoms with Crippen molar-refractivity contribution in [2.45, 2.75) is 20.8 Å². The van der Waals surface area contributed by atoms with Gasteiger partial charge in [-0.1, -0.05) is 19.9 Å². The van der Waals surface area contributed by atoms with Gasteiger partial charge in [-0.3, -0.25) is 10.1 Å². The predicted molar refractivity (Wildman–Crippen MR) is 90.1 cm³/mol. The van der Waals surface area contributed by atoms with Crippen molar-refractivity contribution in [3.05, 3.63) is 63.0 Å². The summed E-state index contributed by atoms with van der Waals surface area (Å²) in [4.78, 5) is 21.3. The van der Waals surface area contributed by atoms with Crippen LogP contribution in [-0.2, 0) is 4.74 Å². The summed E-state index contributed by atoms with van der Waals surface area (Å²) >= 11 is 0. The Morgan fingerprint density at radius 2 is 1.77 bits per heavy atom. The number of carbonyl (C=O) groups excluding carboxylic acids is 1. The molecule has 0 heterocycles. The number of nitrogens with zero attached hydrogens (tertiary/aromatic N) is 1. The highest BCUT2D eigenvalue weighted by Crippen LogP contribution is 2.33. The number of esters is 1. The summed E-state index contributed by atoms with van der Waals surface area (Å²) in [6.07, 6.45) is 0. The molecule has 0 bridgehead atoms. The van der Waals surface area contributed by atoms with Crippen molar-refractivity contribution >= 4 is 23.0 Å². The van der Waals surface area contributed by atoms with E-state index in [-0.39, 0.29) is 5.69 Å². The van der Waals surface area contributed by atoms with Crippen molar-refractivity contribution in [2.24, 2.45) is 0 Å². The van der Waals surface area contributed by atoms with Gasteiger partial charge in [-0.05, 0) is 24.6 Å². The van der Waals surface area contributed by atoms with Crippen molar-refractivity contribution < 1.29 is 27.6 Å². The predicted octanol–water partition coefficient (Wildman–Crippen LogP) is 4.88. The Labute approximate surface area is 147 Å². The SMILES string of the molecule is CC.COC(=O)c1cc([N+](=O)[O-])c(F)c(F)c1Nc1ccc(C)cc1F. The van der Waals surface area contributed by atoms with E-state index in [0.29, 0.717) is 11.6 Å². The fourth-order valence-corrected chi connectivity index (χ4v) is 1.99. The number of anilines is 2. The Morgan fingerprint density at radius 3 is 2.27 bits per heavy atom. The van der Waals surface area contributed by atoms with Gasteiger partial charge in [-0.15, -0.1) is 0 Å². The van der Waals surface area contributed by atoms with Gasteiger partial charge >= 0.3 is 11.7 Å². The van der Waals surface area contributed by atoms with Crippen LogP contribution in [-0.4, -0.2) is 18.0 Å². The molecule has 0 aliphatic rings. The highest BCUT2D eigenvalue weighted by Gasteiger charge is 2.29. The van der Waals surface area contributed by atoms with Gasteiger partial charge in [0.1, 0.15) is 5.82 Å². The highest BCUT2D eigenvalue weighted by atomic mass is 19.2. The molecule has 0 saturated heterocycles. The third-order valence-electron chi connectivity index (χ3n) is 3.17. The Bertz CT molecular complexity index is 841. The van der Waals surface area contributed by atoms with E-state index < -0.39 is 45.3 Å². The van der Waals surface area contributed by atoms with E-state index >= 15 is 0 Å². The molecule has 2 aromatic carbocycles. The van der Waals surface area contributed by atoms with Crippen LogP contribution in [0.25, 0.3) is 0 Å². The van der Waals surface area contributed by atoms with E-state index in [0.717, 1.165) is 13.2 Å². The van der Waals surface area contributed by atoms with Crippen LogP contribution < -0.4 is 5.32 Å². The number of halogens is 3. The lowest BCUT2D eigenvalue weighted by molar-refractivity contribution is -0.387. The molecule has 0 fully saturated rings. The van der Waals surface area contributed by atoms with Gasteiger partial charge in [-0.25, -0.2) is 13.6 Å². The third-order valence-corrected chi connectivity index (χ3v) is 3.17. The number of hydrogen-bond donors (Lipinski definition) is 1. The van der Waals surface area contributed by atoms with E-state index in [4.69, 9.17) is 0 Å². The first-order valence-electron chi connectivity index (χ1n) is 7.54. The Kier molecular flexibility index (Phi) is 7.12. The van der Waals surface area contributed by atoms with Gasteiger partial charge in [0.25, 0.3) is 0 Å². The first-order chi connectivity index (χ1) is 12.3. The summed E-state index contributed by atoms with van der Waals surface area (Å²) in [5, 5.41) is 13.0. The van der Waals surface area contributed by atoms with Gasteiger partial charge in [0, 0.05) is 6.07 Å². The first-order valence-corrected chi connectivity index (χ1v) is 7.54. The number of nitrogens with one attached hydrogen (secondary N) is 1. The molecule has 0 saturated carbocycles. The third kappa shape index (κ3) is 4.29. The molecule has 9 heteroatoms. The van der Waals surface area contributed by atoms with E-state index in [2.05, 4.69) is 10.1 Å². The molecule has 2 rings (SSSR count). The molecule has 6 nitrogen and oxygen atoms in total. The van der Waals surface area contributed by atoms with Crippen molar-refractivity contribution in [2.75, 3.05) is 12.4 Å². The molecule has 0 aliphatic carbocycles. The average Bonchev–Trinajstić information content (AvgIpc) is 2.61. The zero-order valence-electron chi connectivity index (χ0n) is 14.5. The smallest absolute Gasteiger partial charge is 0.340 e. The lowest BCUT2D eigenvalue weighted by Crippen LogP contribution is -2.11. The maximum atomic E-state index is 14.2. The van der Waals surface area contributed by atoms with Crippen LogP contribution in [0.1, 0.15) is 29.8 Å². The van der Waals surface area contributed by atoms with Crippen molar-refractivity contribution in [3.8, 4) is 0 Å². The Morgan fingerprint density at radius 1 is 1.15 bits per heavy atom. The van der Waals surface area contributed by atoms with Crippen LogP contribution >= 0.6 is 0 Å². The number of ether oxygens (including phenoxy) is 1. The highest BCUT2D eigenvalue weighted by molar-refractivity contribution is 5.97. The zero-order chi connectivity index (χ0) is 20.0. The molecular weight excluding hydrogens is 353 g/mol. The molecule has 0 amide bonds. The molecule has 0 aliphatic heterocycles. The normalized spacial score (nSPS) is 9.81. The number of aryl methyl sites for hydroxylation is 1. The summed E-state index contributed by atoms with van der Waals surface area (Å²) in [5.41, 5.74) is -2.28. The number of rotatable bonds is 4. The molecule has 1 N–H and O–H groups in total. The van der Waals surface area contributed by atoms with Crippen molar-refractivity contribution in [3.63, 3.8) is 0 Å². The molecule has 0 atom stereocenters. The maximum Gasteiger partial charge on any atom is 0.340 e. The molecule has 140 valence electrons. The van der Waals surface area contributed by atoms with Gasteiger partial charge in [-0.2, -0.15) is 4.39 Å². The number of benzene rings is 2. The van der Waals surface area contributed by atoms with E-state index in [9.17, 15) is 28.1 Å². The minimum absolute atomic E-state index is 0.238. The summed E-state index contributed by atoms with van der Waals surface area (Å²) in [5.74, 6) is -5.39. The van der Waals surface area contributed by atoms with Crippen molar-refractivity contribution in [1.82, 2.24) is 0 Å². The van der Waals surface area contributed by atoms with E-state index in [1.807, 2.05) is 13.8 Å². The van der Waals surface area contributed by atoms with Crippen LogP contribution in [0.3, 0.4) is 0 Å². The second kappa shape index (κ2) is 8.84. The molecular formula is C17H17F3N2O4. The van der Waals surface area contributed by atoms with E-state index in [1.165, 1.54) is 12.1 Å². The number of methoxy groups -OCH3 is 1. The molecule has 2 aromatic rings. The molecule has 0 spiro atoms. The molecule has 0 aromatic heterocycles. The first kappa shape index (κ1) is 20.9. The molecule has 0 unspecified atom stereocenters. The second-order valence-corrected chi connectivity index (χ2v) is 4.80. The quantitative estimate of drug-likeness (QED) is 0.471. The minimum Gasteiger partial charge on any atom is -0.465 e. The lowest BCUT2D eigenvalue weighted by Gasteiger charge is -2.13. The Hall–Kier alpha value is -3.10. The van der Waals surface area contributed by atoms with Crippen LogP contribution in [0.4, 0.5) is 30.2 Å². The van der Waals surface area contributed by atoms with Gasteiger partial charge in [0.2, 0.25) is 5.82 Å². The zero-order valence-corrected chi connectivity index (χ0v) is 14.5. The fraction of sp³-hybridized carbons (Fsp3) is 0.235. The molecule has 26 heavy (non-hydrogen) atoms. The summed E-state index contributed by atoms with van der Waals surface area (Å²) < 4.78 is 46.3. The van der Waals surface area contributed by atoms with Crippen molar-refractivity contribution in [1.29, 1.82) is 0 Å². The second-order valence-electron chi connectivity index (χ2n) is 4.80.